The maximum atomic E-state index is 12.0. The van der Waals surface area contributed by atoms with Gasteiger partial charge in [0.2, 0.25) is 0 Å². The number of rotatable bonds is 2. The Hall–Kier alpha value is -2.40. The molecule has 0 bridgehead atoms. The SMILES string of the molecule is Cc1ccc2nc(NC(=O)c3ccc(O)cc3)sc2c1. The summed E-state index contributed by atoms with van der Waals surface area (Å²) >= 11 is 1.45. The number of phenolic OH excluding ortho intramolecular Hbond substituents is 1. The van der Waals surface area contributed by atoms with Crippen LogP contribution >= 0.6 is 11.3 Å². The minimum Gasteiger partial charge on any atom is -0.508 e. The van der Waals surface area contributed by atoms with Crippen molar-refractivity contribution in [2.45, 2.75) is 6.92 Å². The molecule has 3 rings (SSSR count). The Balaban J connectivity index is 1.85. The van der Waals surface area contributed by atoms with Crippen LogP contribution in [0.4, 0.5) is 5.13 Å². The van der Waals surface area contributed by atoms with Gasteiger partial charge in [0.25, 0.3) is 5.91 Å². The van der Waals surface area contributed by atoms with Crippen LogP contribution in [0.5, 0.6) is 5.75 Å². The third-order valence-electron chi connectivity index (χ3n) is 2.89. The van der Waals surface area contributed by atoms with Crippen molar-refractivity contribution in [3.8, 4) is 5.75 Å². The van der Waals surface area contributed by atoms with Crippen molar-refractivity contribution in [3.05, 3.63) is 53.6 Å². The van der Waals surface area contributed by atoms with Gasteiger partial charge in [-0.15, -0.1) is 0 Å². The largest absolute Gasteiger partial charge is 0.508 e. The number of hydrogen-bond donors (Lipinski definition) is 2. The third-order valence-corrected chi connectivity index (χ3v) is 3.83. The normalized spacial score (nSPS) is 10.7. The third kappa shape index (κ3) is 2.48. The van der Waals surface area contributed by atoms with Crippen LogP contribution in [0.2, 0.25) is 0 Å². The Morgan fingerprint density at radius 2 is 1.95 bits per heavy atom. The number of carbonyl (C=O) groups excluding carboxylic acids is 1. The second-order valence-electron chi connectivity index (χ2n) is 4.49. The number of carbonyl (C=O) groups is 1. The van der Waals surface area contributed by atoms with Crippen LogP contribution in [0.3, 0.4) is 0 Å². The minimum absolute atomic E-state index is 0.136. The van der Waals surface area contributed by atoms with Crippen molar-refractivity contribution in [3.63, 3.8) is 0 Å². The number of aryl methyl sites for hydroxylation is 1. The highest BCUT2D eigenvalue weighted by molar-refractivity contribution is 7.22. The summed E-state index contributed by atoms with van der Waals surface area (Å²) in [6.45, 7) is 2.02. The Kier molecular flexibility index (Phi) is 3.12. The van der Waals surface area contributed by atoms with E-state index >= 15 is 0 Å². The number of thiazole rings is 1. The number of benzene rings is 2. The first-order valence-electron chi connectivity index (χ1n) is 6.09. The Bertz CT molecular complexity index is 778. The highest BCUT2D eigenvalue weighted by Gasteiger charge is 2.09. The van der Waals surface area contributed by atoms with Gasteiger partial charge in [-0.05, 0) is 48.9 Å². The van der Waals surface area contributed by atoms with Gasteiger partial charge in [-0.1, -0.05) is 17.4 Å². The van der Waals surface area contributed by atoms with Gasteiger partial charge in [-0.25, -0.2) is 4.98 Å². The molecule has 0 saturated heterocycles. The first-order chi connectivity index (χ1) is 9.61. The molecule has 0 aliphatic heterocycles. The second kappa shape index (κ2) is 4.94. The summed E-state index contributed by atoms with van der Waals surface area (Å²) in [6, 6.07) is 12.1. The maximum Gasteiger partial charge on any atom is 0.257 e. The molecule has 100 valence electrons. The fourth-order valence-electron chi connectivity index (χ4n) is 1.87. The fraction of sp³-hybridized carbons (Fsp3) is 0.0667. The van der Waals surface area contributed by atoms with Crippen molar-refractivity contribution < 1.29 is 9.90 Å². The summed E-state index contributed by atoms with van der Waals surface area (Å²) < 4.78 is 1.05. The molecule has 4 nitrogen and oxygen atoms in total. The van der Waals surface area contributed by atoms with Crippen LogP contribution in [-0.2, 0) is 0 Å². The van der Waals surface area contributed by atoms with E-state index in [0.29, 0.717) is 10.7 Å². The molecular weight excluding hydrogens is 272 g/mol. The lowest BCUT2D eigenvalue weighted by molar-refractivity contribution is 0.102. The summed E-state index contributed by atoms with van der Waals surface area (Å²) in [6.07, 6.45) is 0. The Labute approximate surface area is 119 Å². The molecule has 20 heavy (non-hydrogen) atoms. The molecule has 1 aromatic heterocycles. The summed E-state index contributed by atoms with van der Waals surface area (Å²) in [5.41, 5.74) is 2.53. The number of nitrogens with zero attached hydrogens (tertiary/aromatic N) is 1. The Morgan fingerprint density at radius 3 is 2.70 bits per heavy atom. The average molecular weight is 284 g/mol. The van der Waals surface area contributed by atoms with Gasteiger partial charge in [0.15, 0.2) is 5.13 Å². The van der Waals surface area contributed by atoms with Gasteiger partial charge < -0.3 is 5.11 Å². The summed E-state index contributed by atoms with van der Waals surface area (Å²) in [5.74, 6) is -0.0993. The number of amides is 1. The van der Waals surface area contributed by atoms with Crippen molar-refractivity contribution in [1.29, 1.82) is 0 Å². The minimum atomic E-state index is -0.235. The van der Waals surface area contributed by atoms with Crippen molar-refractivity contribution in [2.24, 2.45) is 0 Å². The number of hydrogen-bond acceptors (Lipinski definition) is 4. The molecule has 0 unspecified atom stereocenters. The highest BCUT2D eigenvalue weighted by atomic mass is 32.1. The van der Waals surface area contributed by atoms with Crippen molar-refractivity contribution in [2.75, 3.05) is 5.32 Å². The molecule has 3 aromatic rings. The molecule has 2 N–H and O–H groups in total. The monoisotopic (exact) mass is 284 g/mol. The number of phenols is 1. The molecule has 1 heterocycles. The van der Waals surface area contributed by atoms with Crippen LogP contribution in [0.25, 0.3) is 10.2 Å². The standard InChI is InChI=1S/C15H12N2O2S/c1-9-2-7-12-13(8-9)20-15(16-12)17-14(19)10-3-5-11(18)6-4-10/h2-8,18H,1H3,(H,16,17,19). The summed E-state index contributed by atoms with van der Waals surface area (Å²) in [5, 5.41) is 12.6. The number of fused-ring (bicyclic) bond motifs is 1. The molecular formula is C15H12N2O2S. The van der Waals surface area contributed by atoms with Crippen LogP contribution in [0.15, 0.2) is 42.5 Å². The fourth-order valence-corrected chi connectivity index (χ4v) is 2.83. The Morgan fingerprint density at radius 1 is 1.20 bits per heavy atom. The predicted molar refractivity (Wildman–Crippen MR) is 80.4 cm³/mol. The van der Waals surface area contributed by atoms with Gasteiger partial charge in [0.1, 0.15) is 5.75 Å². The number of aromatic hydroxyl groups is 1. The lowest BCUT2D eigenvalue weighted by Crippen LogP contribution is -2.11. The predicted octanol–water partition coefficient (Wildman–Crippen LogP) is 3.56. The number of nitrogens with one attached hydrogen (secondary N) is 1. The molecule has 1 amide bonds. The van der Waals surface area contributed by atoms with Gasteiger partial charge >= 0.3 is 0 Å². The lowest BCUT2D eigenvalue weighted by Gasteiger charge is -2.01. The van der Waals surface area contributed by atoms with Crippen LogP contribution in [0.1, 0.15) is 15.9 Å². The van der Waals surface area contributed by atoms with Gasteiger partial charge in [0, 0.05) is 5.56 Å². The van der Waals surface area contributed by atoms with E-state index in [2.05, 4.69) is 10.3 Å². The van der Waals surface area contributed by atoms with E-state index in [4.69, 9.17) is 0 Å². The lowest BCUT2D eigenvalue weighted by atomic mass is 10.2. The van der Waals surface area contributed by atoms with E-state index in [1.54, 1.807) is 12.1 Å². The van der Waals surface area contributed by atoms with E-state index in [0.717, 1.165) is 15.8 Å². The summed E-state index contributed by atoms with van der Waals surface area (Å²) in [7, 11) is 0. The molecule has 0 saturated carbocycles. The first-order valence-corrected chi connectivity index (χ1v) is 6.91. The quantitative estimate of drug-likeness (QED) is 0.756. The molecule has 0 aliphatic rings. The van der Waals surface area contributed by atoms with Gasteiger partial charge in [-0.2, -0.15) is 0 Å². The molecule has 5 heteroatoms. The van der Waals surface area contributed by atoms with E-state index < -0.39 is 0 Å². The maximum absolute atomic E-state index is 12.0. The molecule has 0 radical (unpaired) electrons. The average Bonchev–Trinajstić information content (AvgIpc) is 2.80. The zero-order chi connectivity index (χ0) is 14.1. The van der Waals surface area contributed by atoms with E-state index in [9.17, 15) is 9.90 Å². The first kappa shape index (κ1) is 12.6. The van der Waals surface area contributed by atoms with Crippen LogP contribution < -0.4 is 5.32 Å². The molecule has 0 fully saturated rings. The van der Waals surface area contributed by atoms with Crippen molar-refractivity contribution >= 4 is 32.6 Å². The van der Waals surface area contributed by atoms with E-state index in [1.807, 2.05) is 25.1 Å². The zero-order valence-corrected chi connectivity index (χ0v) is 11.6. The smallest absolute Gasteiger partial charge is 0.257 e. The van der Waals surface area contributed by atoms with Gasteiger partial charge in [-0.3, -0.25) is 10.1 Å². The summed E-state index contributed by atoms with van der Waals surface area (Å²) in [4.78, 5) is 16.4. The molecule has 0 spiro atoms. The van der Waals surface area contributed by atoms with Crippen LogP contribution in [0, 0.1) is 6.92 Å². The van der Waals surface area contributed by atoms with Crippen LogP contribution in [-0.4, -0.2) is 16.0 Å². The molecule has 2 aromatic carbocycles. The van der Waals surface area contributed by atoms with E-state index in [1.165, 1.54) is 23.5 Å². The van der Waals surface area contributed by atoms with E-state index in [-0.39, 0.29) is 11.7 Å². The van der Waals surface area contributed by atoms with Gasteiger partial charge in [0.05, 0.1) is 10.2 Å². The number of aromatic nitrogens is 1. The zero-order valence-electron chi connectivity index (χ0n) is 10.8. The molecule has 0 atom stereocenters. The second-order valence-corrected chi connectivity index (χ2v) is 5.52. The highest BCUT2D eigenvalue weighted by Crippen LogP contribution is 2.27. The molecule has 0 aliphatic carbocycles. The topological polar surface area (TPSA) is 62.2 Å². The number of anilines is 1. The van der Waals surface area contributed by atoms with Crippen molar-refractivity contribution in [1.82, 2.24) is 4.98 Å².